The maximum Gasteiger partial charge on any atom is 0.335 e. The van der Waals surface area contributed by atoms with Crippen LogP contribution in [0.25, 0.3) is 29.2 Å². The van der Waals surface area contributed by atoms with Crippen LogP contribution in [0.15, 0.2) is 62.5 Å². The summed E-state index contributed by atoms with van der Waals surface area (Å²) in [7, 11) is 7.56. The van der Waals surface area contributed by atoms with Gasteiger partial charge in [0, 0.05) is 72.8 Å². The van der Waals surface area contributed by atoms with Gasteiger partial charge >= 0.3 is 17.9 Å². The van der Waals surface area contributed by atoms with Crippen LogP contribution in [-0.2, 0) is 57.1 Å². The van der Waals surface area contributed by atoms with E-state index in [0.29, 0.717) is 37.1 Å². The number of hydrogen-bond donors (Lipinski definition) is 1. The van der Waals surface area contributed by atoms with Crippen molar-refractivity contribution in [2.75, 3.05) is 35.5 Å². The quantitative estimate of drug-likeness (QED) is 0.0712. The van der Waals surface area contributed by atoms with E-state index in [0.717, 1.165) is 0 Å². The Morgan fingerprint density at radius 3 is 2.20 bits per heavy atom. The first-order chi connectivity index (χ1) is 33.8. The van der Waals surface area contributed by atoms with Crippen LogP contribution < -0.4 is 0 Å². The van der Waals surface area contributed by atoms with Crippen LogP contribution in [0.1, 0.15) is 105 Å². The molecule has 6 bridgehead atoms. The minimum Gasteiger partial charge on any atom is -0.462 e. The molecule has 0 aliphatic carbocycles. The number of aliphatic hydroxyl groups is 1. The lowest BCUT2D eigenvalue weighted by atomic mass is 9.83. The number of ether oxygens (including phenoxy) is 7. The van der Waals surface area contributed by atoms with E-state index in [1.54, 1.807) is 53.5 Å². The molecule has 3 aromatic heterocycles. The molecule has 0 saturated carbocycles. The molecule has 1 amide bonds. The van der Waals surface area contributed by atoms with Crippen LogP contribution >= 0.6 is 0 Å². The Balaban J connectivity index is 1.61. The van der Waals surface area contributed by atoms with E-state index >= 15 is 0 Å². The smallest absolute Gasteiger partial charge is 0.335 e. The first-order valence-corrected chi connectivity index (χ1v) is 23.8. The van der Waals surface area contributed by atoms with E-state index in [4.69, 9.17) is 46.4 Å². The fourth-order valence-corrected chi connectivity index (χ4v) is 8.33. The Morgan fingerprint density at radius 2 is 1.54 bits per heavy atom. The molecule has 0 spiro atoms. The molecule has 20 nitrogen and oxygen atoms in total. The number of carbonyl (C=O) groups excluding carboxylic acids is 5. The highest BCUT2D eigenvalue weighted by molar-refractivity contribution is 5.92. The molecule has 20 heteroatoms. The number of cyclic esters (lactones) is 1. The number of nitrogens with zero attached hydrogens (tertiary/aromatic N) is 4. The van der Waals surface area contributed by atoms with Gasteiger partial charge in [-0.05, 0) is 50.7 Å². The Labute approximate surface area is 415 Å². The van der Waals surface area contributed by atoms with Gasteiger partial charge in [0.15, 0.2) is 23.3 Å². The molecule has 13 atom stereocenters. The number of esters is 3. The highest BCUT2D eigenvalue weighted by atomic mass is 16.6. The average molecular weight is 997 g/mol. The maximum absolute atomic E-state index is 13.7. The lowest BCUT2D eigenvalue weighted by molar-refractivity contribution is -0.170. The van der Waals surface area contributed by atoms with Crippen molar-refractivity contribution in [3.63, 3.8) is 0 Å². The second-order valence-corrected chi connectivity index (χ2v) is 18.2. The molecule has 4 heterocycles. The number of amides is 1. The van der Waals surface area contributed by atoms with Gasteiger partial charge in [0.25, 0.3) is 0 Å². The van der Waals surface area contributed by atoms with Crippen molar-refractivity contribution in [3.8, 4) is 23.2 Å². The summed E-state index contributed by atoms with van der Waals surface area (Å²) in [6.07, 6.45) is 9.31. The molecule has 3 aromatic rings. The van der Waals surface area contributed by atoms with E-state index < -0.39 is 84.5 Å². The largest absolute Gasteiger partial charge is 0.462 e. The van der Waals surface area contributed by atoms with Gasteiger partial charge in [0.2, 0.25) is 24.1 Å². The van der Waals surface area contributed by atoms with Crippen molar-refractivity contribution in [2.45, 2.75) is 136 Å². The van der Waals surface area contributed by atoms with E-state index in [9.17, 15) is 29.1 Å². The molecule has 1 aliphatic rings. The van der Waals surface area contributed by atoms with Gasteiger partial charge in [0.05, 0.1) is 30.7 Å². The molecule has 13 unspecified atom stereocenters. The lowest BCUT2D eigenvalue weighted by Crippen LogP contribution is -2.41. The third-order valence-electron chi connectivity index (χ3n) is 12.9. The second kappa shape index (κ2) is 28.3. The summed E-state index contributed by atoms with van der Waals surface area (Å²) in [5.41, 5.74) is 0.960. The topological polar surface area (TPSA) is 252 Å². The fraction of sp³-hybridized carbons (Fsp3) is 0.608. The number of methoxy groups -OCH3 is 4. The lowest BCUT2D eigenvalue weighted by Gasteiger charge is -2.35. The zero-order valence-electron chi connectivity index (χ0n) is 42.9. The van der Waals surface area contributed by atoms with Gasteiger partial charge < -0.3 is 56.4 Å². The van der Waals surface area contributed by atoms with Crippen LogP contribution in [0.2, 0.25) is 0 Å². The maximum atomic E-state index is 13.7. The normalized spacial score (nSPS) is 23.6. The number of ketones is 1. The van der Waals surface area contributed by atoms with Gasteiger partial charge in [-0.25, -0.2) is 19.7 Å². The Morgan fingerprint density at radius 1 is 0.859 bits per heavy atom. The number of aliphatic hydroxyl groups excluding tert-OH is 1. The van der Waals surface area contributed by atoms with Crippen molar-refractivity contribution < 1.29 is 75.5 Å². The minimum atomic E-state index is -1.18. The molecule has 0 saturated heterocycles. The first kappa shape index (κ1) is 57.8. The summed E-state index contributed by atoms with van der Waals surface area (Å²) in [6, 6.07) is 0. The summed E-state index contributed by atoms with van der Waals surface area (Å²) in [5.74, 6) is -3.77. The van der Waals surface area contributed by atoms with Crippen LogP contribution in [0.3, 0.4) is 0 Å². The Hall–Kier alpha value is -5.80. The molecule has 1 N–H and O–H groups in total. The number of rotatable bonds is 19. The van der Waals surface area contributed by atoms with Gasteiger partial charge in [-0.2, -0.15) is 0 Å². The van der Waals surface area contributed by atoms with Gasteiger partial charge in [-0.15, -0.1) is 0 Å². The zero-order valence-corrected chi connectivity index (χ0v) is 42.9. The van der Waals surface area contributed by atoms with E-state index in [2.05, 4.69) is 15.0 Å². The summed E-state index contributed by atoms with van der Waals surface area (Å²) in [6.45, 7) is 12.1. The summed E-state index contributed by atoms with van der Waals surface area (Å²) < 4.78 is 58.1. The second-order valence-electron chi connectivity index (χ2n) is 18.2. The third-order valence-corrected chi connectivity index (χ3v) is 12.9. The monoisotopic (exact) mass is 996 g/mol. The van der Waals surface area contributed by atoms with Crippen LogP contribution in [0, 0.1) is 29.6 Å². The summed E-state index contributed by atoms with van der Waals surface area (Å²) in [5, 5.41) is 11.0. The molecule has 1 aliphatic heterocycles. The van der Waals surface area contributed by atoms with Crippen molar-refractivity contribution in [1.29, 1.82) is 0 Å². The highest BCUT2D eigenvalue weighted by Crippen LogP contribution is 2.33. The molecule has 71 heavy (non-hydrogen) atoms. The first-order valence-electron chi connectivity index (χ1n) is 23.8. The number of hydrogen-bond acceptors (Lipinski definition) is 19. The van der Waals surface area contributed by atoms with E-state index in [1.807, 2.05) is 33.8 Å². The van der Waals surface area contributed by atoms with Gasteiger partial charge in [-0.1, -0.05) is 52.8 Å². The predicted octanol–water partition coefficient (Wildman–Crippen LogP) is 7.13. The highest BCUT2D eigenvalue weighted by Gasteiger charge is 2.37. The molecular formula is C51H72N4O16. The standard InChI is InChI=1S/C51H72N4O16/c1-29(19-20-42(71-51(61)34(6)62-9)33(5)47(69-35(7)57)30(2)21-22-55(8)28-56)43(64-11)24-44-32(4)41(63-10)17-14-18-45-52-38(26-66-45)49-54-39(27-68-49)50-53-37(25-67-50)48(65-12)31(3)40(59)16-13-15-36(58)23-46(60)70-44/h13-14,16,18,21-22,25-34,36,41-44,47-48,58H,15,17,19-20,23-24H2,1-12H3. The number of fused-ring (bicyclic) bond motifs is 8. The average Bonchev–Trinajstić information content (AvgIpc) is 4.15. The van der Waals surface area contributed by atoms with Crippen molar-refractivity contribution in [2.24, 2.45) is 29.6 Å². The van der Waals surface area contributed by atoms with E-state index in [1.165, 1.54) is 57.0 Å². The van der Waals surface area contributed by atoms with Crippen LogP contribution in [0.5, 0.6) is 0 Å². The van der Waals surface area contributed by atoms with Crippen LogP contribution in [0.4, 0.5) is 0 Å². The minimum absolute atomic E-state index is 0.0177. The number of allylic oxidation sites excluding steroid dienone is 1. The van der Waals surface area contributed by atoms with Crippen molar-refractivity contribution in [3.05, 3.63) is 60.9 Å². The summed E-state index contributed by atoms with van der Waals surface area (Å²) in [4.78, 5) is 78.7. The fourth-order valence-electron chi connectivity index (χ4n) is 8.33. The molecule has 0 fully saturated rings. The number of carbonyl (C=O) groups is 5. The number of aromatic nitrogens is 3. The van der Waals surface area contributed by atoms with Crippen LogP contribution in [-0.4, -0.2) is 133 Å². The Bertz CT molecular complexity index is 2250. The third kappa shape index (κ3) is 16.9. The summed E-state index contributed by atoms with van der Waals surface area (Å²) >= 11 is 0. The predicted molar refractivity (Wildman–Crippen MR) is 256 cm³/mol. The van der Waals surface area contributed by atoms with Crippen molar-refractivity contribution in [1.82, 2.24) is 19.9 Å². The number of oxazole rings is 3. The van der Waals surface area contributed by atoms with Gasteiger partial charge in [-0.3, -0.25) is 19.2 Å². The van der Waals surface area contributed by atoms with E-state index in [-0.39, 0.29) is 60.2 Å². The van der Waals surface area contributed by atoms with Crippen molar-refractivity contribution >= 4 is 36.2 Å². The molecule has 4 rings (SSSR count). The molecular weight excluding hydrogens is 925 g/mol. The zero-order chi connectivity index (χ0) is 52.4. The SMILES string of the molecule is COC(C)C(=O)OC(CCC(C)C(CC1OC(=O)CC(O)CC=CC(=O)C(C)C(OC)c2coc(n2)-c2coc(n2)-c2coc(n2)C=CCC(OC)C1C)OC)C(C)C(OC(C)=O)C(C)C=CN(C)C=O. The Kier molecular flexibility index (Phi) is 23.0. The molecule has 0 aromatic carbocycles. The van der Waals surface area contributed by atoms with Gasteiger partial charge in [0.1, 0.15) is 48.9 Å². The molecule has 392 valence electrons. The molecule has 0 radical (unpaired) electrons.